The molecule has 0 aliphatic carbocycles. The molecule has 1 N–H and O–H groups in total. The third-order valence-electron chi connectivity index (χ3n) is 3.21. The number of hydrogen-bond donors (Lipinski definition) is 1. The highest BCUT2D eigenvalue weighted by molar-refractivity contribution is 5.89. The highest BCUT2D eigenvalue weighted by atomic mass is 16.7. The molecule has 2 aliphatic heterocycles. The van der Waals surface area contributed by atoms with Crippen molar-refractivity contribution in [3.05, 3.63) is 0 Å². The largest absolute Gasteiger partial charge is 0.464 e. The molecule has 0 saturated carbocycles. The third kappa shape index (κ3) is 2.64. The maximum absolute atomic E-state index is 11.8. The Labute approximate surface area is 106 Å². The fourth-order valence-electron chi connectivity index (χ4n) is 2.41. The first-order valence-corrected chi connectivity index (χ1v) is 6.20. The quantitative estimate of drug-likeness (QED) is 0.731. The van der Waals surface area contributed by atoms with E-state index in [1.807, 2.05) is 13.8 Å². The van der Waals surface area contributed by atoms with Gasteiger partial charge in [-0.2, -0.15) is 0 Å². The molecule has 2 saturated heterocycles. The van der Waals surface area contributed by atoms with E-state index in [-0.39, 0.29) is 24.3 Å². The highest BCUT2D eigenvalue weighted by Crippen LogP contribution is 2.32. The number of rotatable bonds is 3. The van der Waals surface area contributed by atoms with Crippen molar-refractivity contribution in [2.24, 2.45) is 5.92 Å². The van der Waals surface area contributed by atoms with Gasteiger partial charge in [-0.3, -0.25) is 4.79 Å². The first-order valence-electron chi connectivity index (χ1n) is 6.20. The Hall–Kier alpha value is -1.14. The van der Waals surface area contributed by atoms with Crippen LogP contribution >= 0.6 is 0 Å². The van der Waals surface area contributed by atoms with Crippen LogP contribution in [0.2, 0.25) is 0 Å². The summed E-state index contributed by atoms with van der Waals surface area (Å²) in [6.07, 6.45) is 0.0153. The van der Waals surface area contributed by atoms with E-state index in [2.05, 4.69) is 5.32 Å². The van der Waals surface area contributed by atoms with Gasteiger partial charge in [-0.15, -0.1) is 0 Å². The van der Waals surface area contributed by atoms with Crippen LogP contribution in [0.1, 0.15) is 27.2 Å². The molecule has 2 rings (SSSR count). The minimum absolute atomic E-state index is 0.147. The minimum Gasteiger partial charge on any atom is -0.464 e. The maximum Gasteiger partial charge on any atom is 0.329 e. The molecular formula is C12H19NO5. The van der Waals surface area contributed by atoms with Gasteiger partial charge in [-0.1, -0.05) is 0 Å². The van der Waals surface area contributed by atoms with Crippen molar-refractivity contribution in [2.75, 3.05) is 13.2 Å². The van der Waals surface area contributed by atoms with E-state index in [4.69, 9.17) is 14.2 Å². The molecule has 1 amide bonds. The number of amides is 1. The van der Waals surface area contributed by atoms with Crippen molar-refractivity contribution in [3.63, 3.8) is 0 Å². The Morgan fingerprint density at radius 1 is 1.56 bits per heavy atom. The summed E-state index contributed by atoms with van der Waals surface area (Å²) >= 11 is 0. The van der Waals surface area contributed by atoms with E-state index in [0.717, 1.165) is 0 Å². The molecule has 0 spiro atoms. The van der Waals surface area contributed by atoms with Crippen molar-refractivity contribution in [1.29, 1.82) is 0 Å². The zero-order valence-electron chi connectivity index (χ0n) is 10.9. The molecule has 0 aromatic heterocycles. The molecule has 0 aromatic rings. The Bertz CT molecular complexity index is 354. The molecule has 3 atom stereocenters. The first-order chi connectivity index (χ1) is 8.43. The molecule has 18 heavy (non-hydrogen) atoms. The second-order valence-electron chi connectivity index (χ2n) is 5.03. The van der Waals surface area contributed by atoms with Gasteiger partial charge in [0.25, 0.3) is 0 Å². The predicted octanol–water partition coefficient (Wildman–Crippen LogP) is 0.206. The van der Waals surface area contributed by atoms with Gasteiger partial charge in [0.05, 0.1) is 19.3 Å². The molecule has 0 bridgehead atoms. The normalized spacial score (nSPS) is 34.4. The third-order valence-corrected chi connectivity index (χ3v) is 3.21. The molecule has 6 nitrogen and oxygen atoms in total. The molecule has 2 aliphatic rings. The summed E-state index contributed by atoms with van der Waals surface area (Å²) < 4.78 is 16.2. The van der Waals surface area contributed by atoms with Crippen LogP contribution in [0.5, 0.6) is 0 Å². The van der Waals surface area contributed by atoms with Crippen LogP contribution in [0.4, 0.5) is 0 Å². The van der Waals surface area contributed by atoms with E-state index in [1.54, 1.807) is 6.92 Å². The lowest BCUT2D eigenvalue weighted by molar-refractivity contribution is -0.155. The Kier molecular flexibility index (Phi) is 3.59. The van der Waals surface area contributed by atoms with Crippen LogP contribution < -0.4 is 5.32 Å². The van der Waals surface area contributed by atoms with E-state index >= 15 is 0 Å². The second kappa shape index (κ2) is 4.85. The van der Waals surface area contributed by atoms with E-state index < -0.39 is 17.8 Å². The van der Waals surface area contributed by atoms with Gasteiger partial charge in [0, 0.05) is 12.3 Å². The number of nitrogens with one attached hydrogen (secondary N) is 1. The van der Waals surface area contributed by atoms with E-state index in [9.17, 15) is 9.59 Å². The van der Waals surface area contributed by atoms with Crippen LogP contribution in [0.15, 0.2) is 0 Å². The summed E-state index contributed by atoms with van der Waals surface area (Å²) in [6.45, 7) is 6.06. The van der Waals surface area contributed by atoms with Gasteiger partial charge in [0.15, 0.2) is 5.79 Å². The molecule has 2 fully saturated rings. The number of esters is 1. The molecule has 0 unspecified atom stereocenters. The summed E-state index contributed by atoms with van der Waals surface area (Å²) in [4.78, 5) is 23.3. The standard InChI is InChI=1S/C12H19NO5/c1-4-16-11(15)10-7(5-9(14)13-10)8-6-17-12(2,3)18-8/h7-8,10H,4-6H2,1-3H3,(H,13,14)/t7-,8+,10+/m0/s1. The van der Waals surface area contributed by atoms with E-state index in [0.29, 0.717) is 13.2 Å². The SMILES string of the molecule is CCOC(=O)[C@@H]1NC(=O)C[C@H]1[C@H]1COC(C)(C)O1. The van der Waals surface area contributed by atoms with Crippen molar-refractivity contribution in [1.82, 2.24) is 5.32 Å². The smallest absolute Gasteiger partial charge is 0.329 e. The highest BCUT2D eigenvalue weighted by Gasteiger charge is 2.47. The van der Waals surface area contributed by atoms with Crippen molar-refractivity contribution in [3.8, 4) is 0 Å². The fraction of sp³-hybridized carbons (Fsp3) is 0.833. The maximum atomic E-state index is 11.8. The second-order valence-corrected chi connectivity index (χ2v) is 5.03. The van der Waals surface area contributed by atoms with Crippen LogP contribution in [0.25, 0.3) is 0 Å². The summed E-state index contributed by atoms with van der Waals surface area (Å²) in [5.41, 5.74) is 0. The summed E-state index contributed by atoms with van der Waals surface area (Å²) in [6, 6.07) is -0.625. The molecule has 102 valence electrons. The first kappa shape index (κ1) is 13.3. The Morgan fingerprint density at radius 3 is 2.83 bits per heavy atom. The lowest BCUT2D eigenvalue weighted by atomic mass is 9.94. The van der Waals surface area contributed by atoms with Gasteiger partial charge < -0.3 is 19.5 Å². The minimum atomic E-state index is -0.657. The van der Waals surface area contributed by atoms with Gasteiger partial charge in [-0.05, 0) is 20.8 Å². The van der Waals surface area contributed by atoms with Gasteiger partial charge >= 0.3 is 5.97 Å². The number of carbonyl (C=O) groups excluding carboxylic acids is 2. The van der Waals surface area contributed by atoms with Crippen LogP contribution in [-0.4, -0.2) is 43.0 Å². The molecule has 2 heterocycles. The number of carbonyl (C=O) groups is 2. The zero-order valence-corrected chi connectivity index (χ0v) is 10.9. The van der Waals surface area contributed by atoms with Crippen molar-refractivity contribution < 1.29 is 23.8 Å². The van der Waals surface area contributed by atoms with Gasteiger partial charge in [0.2, 0.25) is 5.91 Å². The van der Waals surface area contributed by atoms with Crippen LogP contribution in [0, 0.1) is 5.92 Å². The molecule has 0 aromatic carbocycles. The summed E-state index contributed by atoms with van der Waals surface area (Å²) in [5.74, 6) is -1.43. The van der Waals surface area contributed by atoms with Gasteiger partial charge in [0.1, 0.15) is 6.04 Å². The monoisotopic (exact) mass is 257 g/mol. The number of hydrogen-bond acceptors (Lipinski definition) is 5. The molecular weight excluding hydrogens is 238 g/mol. The Balaban J connectivity index is 2.06. The lowest BCUT2D eigenvalue weighted by Gasteiger charge is -2.23. The van der Waals surface area contributed by atoms with Crippen LogP contribution in [-0.2, 0) is 23.8 Å². The van der Waals surface area contributed by atoms with Crippen molar-refractivity contribution >= 4 is 11.9 Å². The fourth-order valence-corrected chi connectivity index (χ4v) is 2.41. The lowest BCUT2D eigenvalue weighted by Crippen LogP contribution is -2.43. The van der Waals surface area contributed by atoms with E-state index in [1.165, 1.54) is 0 Å². The predicted molar refractivity (Wildman–Crippen MR) is 61.6 cm³/mol. The topological polar surface area (TPSA) is 73.9 Å². The van der Waals surface area contributed by atoms with Gasteiger partial charge in [-0.25, -0.2) is 4.79 Å². The average molecular weight is 257 g/mol. The number of ether oxygens (including phenoxy) is 3. The molecule has 6 heteroatoms. The average Bonchev–Trinajstić information content (AvgIpc) is 2.82. The van der Waals surface area contributed by atoms with Crippen molar-refractivity contribution in [2.45, 2.75) is 45.1 Å². The zero-order chi connectivity index (χ0) is 13.3. The summed E-state index contributed by atoms with van der Waals surface area (Å²) in [5, 5.41) is 2.64. The Morgan fingerprint density at radius 2 is 2.28 bits per heavy atom. The van der Waals surface area contributed by atoms with Crippen LogP contribution in [0.3, 0.4) is 0 Å². The molecule has 0 radical (unpaired) electrons. The summed E-state index contributed by atoms with van der Waals surface area (Å²) in [7, 11) is 0.